The lowest BCUT2D eigenvalue weighted by Gasteiger charge is -2.32. The zero-order valence-corrected chi connectivity index (χ0v) is 11.7. The zero-order chi connectivity index (χ0) is 15.1. The van der Waals surface area contributed by atoms with Crippen LogP contribution in [-0.4, -0.2) is 11.9 Å². The van der Waals surface area contributed by atoms with Crippen molar-refractivity contribution in [2.24, 2.45) is 5.92 Å². The maximum Gasteiger partial charge on any atom is 0.315 e. The minimum Gasteiger partial charge on any atom is -0.426 e. The van der Waals surface area contributed by atoms with Crippen LogP contribution in [0.15, 0.2) is 48.5 Å². The van der Waals surface area contributed by atoms with E-state index in [9.17, 15) is 9.59 Å². The molecule has 4 nitrogen and oxygen atoms in total. The zero-order valence-electron chi connectivity index (χ0n) is 11.7. The number of ether oxygens (including phenoxy) is 1. The third-order valence-corrected chi connectivity index (χ3v) is 4.21. The summed E-state index contributed by atoms with van der Waals surface area (Å²) in [6, 6.07) is 14.9. The minimum absolute atomic E-state index is 0.184. The lowest BCUT2D eigenvalue weighted by Crippen LogP contribution is -2.39. The van der Waals surface area contributed by atoms with Crippen molar-refractivity contribution in [3.05, 3.63) is 71.8 Å². The number of carbonyl (C=O) groups is 2. The van der Waals surface area contributed by atoms with Crippen molar-refractivity contribution < 1.29 is 14.3 Å². The van der Waals surface area contributed by atoms with Gasteiger partial charge in [-0.05, 0) is 29.7 Å². The molecule has 0 spiro atoms. The van der Waals surface area contributed by atoms with Crippen LogP contribution in [0.4, 0.5) is 0 Å². The molecule has 0 saturated heterocycles. The molecule has 22 heavy (non-hydrogen) atoms. The maximum atomic E-state index is 12.4. The van der Waals surface area contributed by atoms with E-state index in [-0.39, 0.29) is 23.7 Å². The molecule has 4 heteroatoms. The normalized spacial score (nSPS) is 23.1. The van der Waals surface area contributed by atoms with Gasteiger partial charge in [-0.1, -0.05) is 36.4 Å². The lowest BCUT2D eigenvalue weighted by molar-refractivity contribution is -0.140. The first-order valence-corrected chi connectivity index (χ1v) is 7.18. The summed E-state index contributed by atoms with van der Waals surface area (Å²) in [6.07, 6.45) is 0.580. The van der Waals surface area contributed by atoms with E-state index in [1.54, 1.807) is 12.1 Å². The molecular formula is C18H13NO3. The Bertz CT molecular complexity index is 768. The monoisotopic (exact) mass is 291 g/mol. The number of carbonyl (C=O) groups excluding carboxylic acids is 2. The predicted octanol–water partition coefficient (Wildman–Crippen LogP) is 2.33. The molecule has 0 fully saturated rings. The Balaban J connectivity index is 1.73. The second-order valence-corrected chi connectivity index (χ2v) is 5.50. The van der Waals surface area contributed by atoms with E-state index in [0.717, 1.165) is 11.1 Å². The fraction of sp³-hybridized carbons (Fsp3) is 0.167. The Morgan fingerprint density at radius 3 is 2.73 bits per heavy atom. The van der Waals surface area contributed by atoms with Gasteiger partial charge >= 0.3 is 5.97 Å². The Morgan fingerprint density at radius 1 is 1.05 bits per heavy atom. The summed E-state index contributed by atoms with van der Waals surface area (Å²) in [5.41, 5.74) is 2.42. The molecule has 108 valence electrons. The van der Waals surface area contributed by atoms with Gasteiger partial charge < -0.3 is 10.1 Å². The van der Waals surface area contributed by atoms with Crippen molar-refractivity contribution >= 4 is 11.9 Å². The fourth-order valence-corrected chi connectivity index (χ4v) is 3.11. The first kappa shape index (κ1) is 13.1. The van der Waals surface area contributed by atoms with Gasteiger partial charge in [-0.2, -0.15) is 0 Å². The molecule has 0 aliphatic carbocycles. The maximum absolute atomic E-state index is 12.4. The Morgan fingerprint density at radius 2 is 1.82 bits per heavy atom. The second kappa shape index (κ2) is 4.98. The molecule has 0 saturated carbocycles. The third-order valence-electron chi connectivity index (χ3n) is 4.21. The average Bonchev–Trinajstić information content (AvgIpc) is 2.55. The highest BCUT2D eigenvalue weighted by Gasteiger charge is 2.39. The van der Waals surface area contributed by atoms with Crippen LogP contribution in [0.25, 0.3) is 0 Å². The molecule has 2 atom stereocenters. The summed E-state index contributed by atoms with van der Waals surface area (Å²) < 4.78 is 5.45. The number of hydrogen-bond donors (Lipinski definition) is 1. The standard InChI is InChI=1S/C18H13NO3/c20-17-13-7-3-2-6-12(13)15(10-19-17)14-9-11-5-1-4-8-16(11)22-18(14)21/h1-8,14-15H,9H2,(H,19,20). The van der Waals surface area contributed by atoms with Crippen molar-refractivity contribution in [1.82, 2.24) is 5.32 Å². The summed E-state index contributed by atoms with van der Waals surface area (Å²) in [7, 11) is 0. The first-order chi connectivity index (χ1) is 10.7. The van der Waals surface area contributed by atoms with Gasteiger partial charge in [-0.15, -0.1) is 0 Å². The Hall–Kier alpha value is -2.62. The summed E-state index contributed by atoms with van der Waals surface area (Å²) in [5.74, 6) is -0.512. The molecule has 4 rings (SSSR count). The fourth-order valence-electron chi connectivity index (χ4n) is 3.11. The number of rotatable bonds is 1. The molecule has 2 radical (unpaired) electrons. The average molecular weight is 291 g/mol. The van der Waals surface area contributed by atoms with E-state index in [4.69, 9.17) is 4.74 Å². The quantitative estimate of drug-likeness (QED) is 0.648. The highest BCUT2D eigenvalue weighted by molar-refractivity contribution is 5.98. The number of nitrogens with one attached hydrogen (secondary N) is 1. The predicted molar refractivity (Wildman–Crippen MR) is 79.2 cm³/mol. The van der Waals surface area contributed by atoms with Crippen molar-refractivity contribution in [1.29, 1.82) is 0 Å². The van der Waals surface area contributed by atoms with E-state index in [0.29, 0.717) is 17.7 Å². The molecule has 2 heterocycles. The summed E-state index contributed by atoms with van der Waals surface area (Å²) in [5, 5.41) is 2.63. The van der Waals surface area contributed by atoms with Crippen molar-refractivity contribution in [3.8, 4) is 5.75 Å². The molecule has 2 aromatic carbocycles. The minimum atomic E-state index is -0.378. The van der Waals surface area contributed by atoms with Gasteiger partial charge in [-0.25, -0.2) is 0 Å². The van der Waals surface area contributed by atoms with E-state index >= 15 is 0 Å². The molecule has 2 aliphatic rings. The van der Waals surface area contributed by atoms with E-state index in [2.05, 4.69) is 11.9 Å². The molecule has 1 N–H and O–H groups in total. The largest absolute Gasteiger partial charge is 0.426 e. The molecule has 2 aromatic rings. The van der Waals surface area contributed by atoms with Crippen LogP contribution in [0, 0.1) is 12.5 Å². The van der Waals surface area contributed by atoms with Gasteiger partial charge in [0.05, 0.1) is 5.92 Å². The van der Waals surface area contributed by atoms with Crippen LogP contribution < -0.4 is 10.1 Å². The number of amides is 1. The van der Waals surface area contributed by atoms with Crippen LogP contribution in [0.1, 0.15) is 27.4 Å². The number of hydrogen-bond acceptors (Lipinski definition) is 3. The van der Waals surface area contributed by atoms with Crippen LogP contribution >= 0.6 is 0 Å². The lowest BCUT2D eigenvalue weighted by atomic mass is 9.77. The molecule has 1 amide bonds. The van der Waals surface area contributed by atoms with Gasteiger partial charge in [0.25, 0.3) is 5.91 Å². The molecule has 2 unspecified atom stereocenters. The van der Waals surface area contributed by atoms with Crippen LogP contribution in [0.5, 0.6) is 5.75 Å². The highest BCUT2D eigenvalue weighted by atomic mass is 16.5. The molecule has 0 aromatic heterocycles. The smallest absolute Gasteiger partial charge is 0.315 e. The second-order valence-electron chi connectivity index (χ2n) is 5.50. The topological polar surface area (TPSA) is 55.4 Å². The van der Waals surface area contributed by atoms with Gasteiger partial charge in [-0.3, -0.25) is 9.59 Å². The SMILES string of the molecule is O=C1N[C]C(C2Cc3ccccc3OC2=O)c2ccccc21. The van der Waals surface area contributed by atoms with Gasteiger partial charge in [0.15, 0.2) is 0 Å². The molecule has 2 aliphatic heterocycles. The first-order valence-electron chi connectivity index (χ1n) is 7.18. The summed E-state index contributed by atoms with van der Waals surface area (Å²) in [6.45, 7) is 2.96. The van der Waals surface area contributed by atoms with Crippen LogP contribution in [0.2, 0.25) is 0 Å². The number of fused-ring (bicyclic) bond motifs is 2. The number of benzene rings is 2. The third kappa shape index (κ3) is 1.99. The highest BCUT2D eigenvalue weighted by Crippen LogP contribution is 2.39. The van der Waals surface area contributed by atoms with Crippen LogP contribution in [-0.2, 0) is 11.2 Å². The number of esters is 1. The van der Waals surface area contributed by atoms with Crippen molar-refractivity contribution in [3.63, 3.8) is 0 Å². The Kier molecular flexibility index (Phi) is 2.96. The van der Waals surface area contributed by atoms with Crippen molar-refractivity contribution in [2.45, 2.75) is 12.3 Å². The van der Waals surface area contributed by atoms with Crippen LogP contribution in [0.3, 0.4) is 0 Å². The van der Waals surface area contributed by atoms with Gasteiger partial charge in [0.1, 0.15) is 12.3 Å². The van der Waals surface area contributed by atoms with E-state index in [1.165, 1.54) is 0 Å². The molecular weight excluding hydrogens is 278 g/mol. The summed E-state index contributed by atoms with van der Waals surface area (Å²) in [4.78, 5) is 24.3. The van der Waals surface area contributed by atoms with Gasteiger partial charge in [0.2, 0.25) is 0 Å². The number of para-hydroxylation sites is 1. The van der Waals surface area contributed by atoms with E-state index < -0.39 is 0 Å². The molecule has 0 bridgehead atoms. The Labute approximate surface area is 128 Å². The van der Waals surface area contributed by atoms with E-state index in [1.807, 2.05) is 36.4 Å². The summed E-state index contributed by atoms with van der Waals surface area (Å²) >= 11 is 0. The van der Waals surface area contributed by atoms with Gasteiger partial charge in [0, 0.05) is 11.5 Å². The van der Waals surface area contributed by atoms with Crippen molar-refractivity contribution in [2.75, 3.05) is 0 Å².